The molecule has 0 bridgehead atoms. The number of fused-ring (bicyclic) bond motifs is 1. The minimum absolute atomic E-state index is 0.0106. The second-order valence-electron chi connectivity index (χ2n) is 8.66. The maximum atomic E-state index is 13.2. The van der Waals surface area contributed by atoms with Gasteiger partial charge < -0.3 is 20.4 Å². The molecule has 3 heterocycles. The molecule has 1 unspecified atom stereocenters. The fraction of sp³-hybridized carbons (Fsp3) is 0.417. The second kappa shape index (κ2) is 9.49. The fourth-order valence-electron chi connectivity index (χ4n) is 4.70. The predicted octanol–water partition coefficient (Wildman–Crippen LogP) is 3.86. The van der Waals surface area contributed by atoms with E-state index in [1.807, 2.05) is 0 Å². The van der Waals surface area contributed by atoms with Crippen molar-refractivity contribution in [3.8, 4) is 0 Å². The molecule has 1 saturated carbocycles. The van der Waals surface area contributed by atoms with Gasteiger partial charge in [0.05, 0.1) is 16.0 Å². The number of aromatic amines is 1. The molecule has 5 rings (SSSR count). The monoisotopic (exact) mass is 467 g/mol. The van der Waals surface area contributed by atoms with Crippen LogP contribution in [0.2, 0.25) is 5.02 Å². The molecule has 8 nitrogen and oxygen atoms in total. The molecule has 172 valence electrons. The minimum Gasteiger partial charge on any atom is -0.368 e. The van der Waals surface area contributed by atoms with Gasteiger partial charge in [-0.25, -0.2) is 9.97 Å². The Labute approximate surface area is 196 Å². The second-order valence-corrected chi connectivity index (χ2v) is 9.07. The zero-order valence-corrected chi connectivity index (χ0v) is 18.9. The van der Waals surface area contributed by atoms with Crippen LogP contribution in [0.25, 0.3) is 11.0 Å². The van der Waals surface area contributed by atoms with Crippen molar-refractivity contribution < 1.29 is 14.3 Å². The number of carbonyl (C=O) groups excluding carboxylic acids is 2. The van der Waals surface area contributed by atoms with Crippen LogP contribution in [0.15, 0.2) is 36.8 Å². The first-order valence-electron chi connectivity index (χ1n) is 11.4. The number of ether oxygens (including phenoxy) is 1. The van der Waals surface area contributed by atoms with Crippen LogP contribution in [0, 0.1) is 0 Å². The third kappa shape index (κ3) is 4.58. The first kappa shape index (κ1) is 21.9. The summed E-state index contributed by atoms with van der Waals surface area (Å²) < 4.78 is 5.48. The molecular weight excluding hydrogens is 442 g/mol. The van der Waals surface area contributed by atoms with Gasteiger partial charge in [-0.1, -0.05) is 23.7 Å². The number of hydrogen-bond acceptors (Lipinski definition) is 6. The molecule has 33 heavy (non-hydrogen) atoms. The van der Waals surface area contributed by atoms with Crippen LogP contribution in [0.4, 0.5) is 5.82 Å². The van der Waals surface area contributed by atoms with Crippen molar-refractivity contribution in [2.24, 2.45) is 0 Å². The van der Waals surface area contributed by atoms with E-state index >= 15 is 0 Å². The Morgan fingerprint density at radius 2 is 1.82 bits per heavy atom. The van der Waals surface area contributed by atoms with Gasteiger partial charge in [0.1, 0.15) is 23.9 Å². The quantitative estimate of drug-likeness (QED) is 0.475. The van der Waals surface area contributed by atoms with E-state index in [0.29, 0.717) is 39.6 Å². The normalized spacial score (nSPS) is 22.9. The van der Waals surface area contributed by atoms with E-state index in [1.165, 1.54) is 6.33 Å². The van der Waals surface area contributed by atoms with Crippen LogP contribution < -0.4 is 10.6 Å². The molecule has 1 atom stereocenters. The van der Waals surface area contributed by atoms with E-state index in [0.717, 1.165) is 38.5 Å². The molecule has 2 aliphatic rings. The van der Waals surface area contributed by atoms with Gasteiger partial charge in [0, 0.05) is 30.5 Å². The summed E-state index contributed by atoms with van der Waals surface area (Å²) in [6.07, 6.45) is 8.14. The Kier molecular flexibility index (Phi) is 6.28. The summed E-state index contributed by atoms with van der Waals surface area (Å²) in [6.45, 7) is 0.669. The first-order valence-corrected chi connectivity index (χ1v) is 11.8. The predicted molar refractivity (Wildman–Crippen MR) is 126 cm³/mol. The first-order chi connectivity index (χ1) is 16.1. The topological polar surface area (TPSA) is 109 Å². The molecule has 3 aromatic rings. The zero-order valence-electron chi connectivity index (χ0n) is 18.1. The summed E-state index contributed by atoms with van der Waals surface area (Å²) in [4.78, 5) is 37.3. The van der Waals surface area contributed by atoms with E-state index in [-0.39, 0.29) is 29.9 Å². The maximum Gasteiger partial charge on any atom is 0.249 e. The van der Waals surface area contributed by atoms with Crippen molar-refractivity contribution in [2.75, 3.05) is 11.9 Å². The van der Waals surface area contributed by atoms with E-state index in [4.69, 9.17) is 16.3 Å². The molecular formula is C24H26ClN5O3. The highest BCUT2D eigenvalue weighted by atomic mass is 35.5. The Balaban J connectivity index is 1.28. The highest BCUT2D eigenvalue weighted by molar-refractivity contribution is 6.35. The van der Waals surface area contributed by atoms with Crippen molar-refractivity contribution in [2.45, 2.75) is 56.7 Å². The number of halogens is 1. The SMILES string of the molecule is O=C(c1ccccc1Cl)c1c[nH]c2ncnc(NC3CCC(NC(=O)C4CCCO4)CC3)c12. The minimum atomic E-state index is -0.294. The van der Waals surface area contributed by atoms with E-state index in [9.17, 15) is 9.59 Å². The summed E-state index contributed by atoms with van der Waals surface area (Å²) >= 11 is 6.26. The molecule has 3 N–H and O–H groups in total. The lowest BCUT2D eigenvalue weighted by atomic mass is 9.91. The van der Waals surface area contributed by atoms with Crippen LogP contribution in [0.5, 0.6) is 0 Å². The Hall–Kier alpha value is -2.97. The number of nitrogens with zero attached hydrogens (tertiary/aromatic N) is 2. The molecule has 1 aliphatic heterocycles. The van der Waals surface area contributed by atoms with Crippen LogP contribution in [-0.2, 0) is 9.53 Å². The Morgan fingerprint density at radius 3 is 2.58 bits per heavy atom. The van der Waals surface area contributed by atoms with Gasteiger partial charge in [0.25, 0.3) is 0 Å². The van der Waals surface area contributed by atoms with Gasteiger partial charge in [-0.3, -0.25) is 9.59 Å². The number of nitrogens with one attached hydrogen (secondary N) is 3. The lowest BCUT2D eigenvalue weighted by Crippen LogP contribution is -2.44. The van der Waals surface area contributed by atoms with Gasteiger partial charge in [0.15, 0.2) is 5.78 Å². The standard InChI is InChI=1S/C24H26ClN5O3/c25-18-5-2-1-4-16(18)21(31)17-12-26-22-20(17)23(28-13-27-22)29-14-7-9-15(10-8-14)30-24(32)19-6-3-11-33-19/h1-2,4-5,12-15,19H,3,6-11H2,(H,30,32)(H2,26,27,28,29). The van der Waals surface area contributed by atoms with Gasteiger partial charge >= 0.3 is 0 Å². The fourth-order valence-corrected chi connectivity index (χ4v) is 4.92. The van der Waals surface area contributed by atoms with Crippen LogP contribution in [0.1, 0.15) is 54.4 Å². The summed E-state index contributed by atoms with van der Waals surface area (Å²) in [5, 5.41) is 7.72. The number of ketones is 1. The molecule has 0 radical (unpaired) electrons. The molecule has 2 aromatic heterocycles. The number of rotatable bonds is 6. The van der Waals surface area contributed by atoms with E-state index in [2.05, 4.69) is 25.6 Å². The Morgan fingerprint density at radius 1 is 1.03 bits per heavy atom. The molecule has 1 saturated heterocycles. The summed E-state index contributed by atoms with van der Waals surface area (Å²) in [5.41, 5.74) is 1.52. The number of anilines is 1. The zero-order chi connectivity index (χ0) is 22.8. The largest absolute Gasteiger partial charge is 0.368 e. The summed E-state index contributed by atoms with van der Waals surface area (Å²) in [5.74, 6) is 0.463. The van der Waals surface area contributed by atoms with Gasteiger partial charge in [0.2, 0.25) is 5.91 Å². The average Bonchev–Trinajstić information content (AvgIpc) is 3.51. The molecule has 1 aromatic carbocycles. The highest BCUT2D eigenvalue weighted by Gasteiger charge is 2.29. The van der Waals surface area contributed by atoms with Crippen LogP contribution in [-0.4, -0.2) is 51.4 Å². The smallest absolute Gasteiger partial charge is 0.249 e. The van der Waals surface area contributed by atoms with Crippen molar-refractivity contribution in [1.29, 1.82) is 0 Å². The highest BCUT2D eigenvalue weighted by Crippen LogP contribution is 2.30. The number of aromatic nitrogens is 3. The van der Waals surface area contributed by atoms with Crippen molar-refractivity contribution in [3.63, 3.8) is 0 Å². The number of carbonyl (C=O) groups is 2. The average molecular weight is 468 g/mol. The number of hydrogen-bond donors (Lipinski definition) is 3. The third-order valence-electron chi connectivity index (χ3n) is 6.47. The van der Waals surface area contributed by atoms with E-state index < -0.39 is 0 Å². The van der Waals surface area contributed by atoms with Gasteiger partial charge in [-0.05, 0) is 50.7 Å². The van der Waals surface area contributed by atoms with Gasteiger partial charge in [-0.2, -0.15) is 0 Å². The molecule has 2 fully saturated rings. The number of benzene rings is 1. The third-order valence-corrected chi connectivity index (χ3v) is 6.80. The van der Waals surface area contributed by atoms with Crippen molar-refractivity contribution in [3.05, 3.63) is 52.9 Å². The summed E-state index contributed by atoms with van der Waals surface area (Å²) in [6, 6.07) is 7.36. The van der Waals surface area contributed by atoms with Crippen molar-refractivity contribution >= 4 is 40.1 Å². The van der Waals surface area contributed by atoms with Crippen LogP contribution >= 0.6 is 11.6 Å². The summed E-state index contributed by atoms with van der Waals surface area (Å²) in [7, 11) is 0. The Bertz CT molecular complexity index is 1170. The molecule has 9 heteroatoms. The maximum absolute atomic E-state index is 13.2. The molecule has 1 aliphatic carbocycles. The molecule has 0 spiro atoms. The lowest BCUT2D eigenvalue weighted by Gasteiger charge is -2.30. The van der Waals surface area contributed by atoms with Gasteiger partial charge in [-0.15, -0.1) is 0 Å². The lowest BCUT2D eigenvalue weighted by molar-refractivity contribution is -0.131. The molecule has 1 amide bonds. The number of amides is 1. The van der Waals surface area contributed by atoms with Crippen LogP contribution in [0.3, 0.4) is 0 Å². The number of H-pyrrole nitrogens is 1. The van der Waals surface area contributed by atoms with E-state index in [1.54, 1.807) is 30.5 Å². The van der Waals surface area contributed by atoms with Crippen molar-refractivity contribution in [1.82, 2.24) is 20.3 Å².